The number of hydrogen-bond donors (Lipinski definition) is 0. The van der Waals surface area contributed by atoms with Crippen molar-refractivity contribution in [1.82, 2.24) is 15.0 Å². The Kier molecular flexibility index (Phi) is 7.33. The van der Waals surface area contributed by atoms with E-state index in [9.17, 15) is 18.0 Å². The van der Waals surface area contributed by atoms with Crippen LogP contribution < -0.4 is 9.64 Å². The lowest BCUT2D eigenvalue weighted by atomic mass is 9.97. The fraction of sp³-hybridized carbons (Fsp3) is 0.385. The van der Waals surface area contributed by atoms with Crippen LogP contribution in [0.2, 0.25) is 0 Å². The summed E-state index contributed by atoms with van der Waals surface area (Å²) in [5, 5.41) is 0. The van der Waals surface area contributed by atoms with Crippen molar-refractivity contribution in [2.24, 2.45) is 0 Å². The van der Waals surface area contributed by atoms with Crippen LogP contribution in [0, 0.1) is 6.92 Å². The molecule has 35 heavy (non-hydrogen) atoms. The third-order valence-electron chi connectivity index (χ3n) is 6.16. The van der Waals surface area contributed by atoms with Gasteiger partial charge in [0.25, 0.3) is 0 Å². The van der Waals surface area contributed by atoms with Crippen molar-refractivity contribution in [2.45, 2.75) is 51.8 Å². The first-order valence-corrected chi connectivity index (χ1v) is 11.5. The van der Waals surface area contributed by atoms with Crippen LogP contribution in [0.25, 0.3) is 0 Å². The van der Waals surface area contributed by atoms with Crippen molar-refractivity contribution >= 4 is 11.7 Å². The van der Waals surface area contributed by atoms with Gasteiger partial charge in [-0.2, -0.15) is 18.2 Å². The number of halogens is 3. The lowest BCUT2D eigenvalue weighted by molar-refractivity contribution is -0.137. The molecule has 1 aliphatic rings. The Hall–Kier alpha value is -3.49. The molecule has 0 bridgehead atoms. The van der Waals surface area contributed by atoms with Crippen LogP contribution in [0.3, 0.4) is 0 Å². The predicted molar refractivity (Wildman–Crippen MR) is 126 cm³/mol. The van der Waals surface area contributed by atoms with Gasteiger partial charge in [0.15, 0.2) is 0 Å². The molecule has 0 spiro atoms. The first kappa shape index (κ1) is 24.6. The molecule has 1 saturated heterocycles. The van der Waals surface area contributed by atoms with E-state index in [0.717, 1.165) is 28.8 Å². The second kappa shape index (κ2) is 10.4. The summed E-state index contributed by atoms with van der Waals surface area (Å²) in [7, 11) is 0. The number of aromatic nitrogens is 3. The van der Waals surface area contributed by atoms with Gasteiger partial charge >= 0.3 is 6.18 Å². The summed E-state index contributed by atoms with van der Waals surface area (Å²) in [6.07, 6.45) is -0.578. The molecule has 1 fully saturated rings. The number of carbonyl (C=O) groups excluding carboxylic acids is 1. The average molecular weight is 485 g/mol. The molecule has 0 radical (unpaired) electrons. The number of anilines is 1. The number of Topliss-reactive ketones (excluding diaryl/α,β-unsaturated/α-hetero) is 1. The van der Waals surface area contributed by atoms with Crippen LogP contribution in [0.15, 0.2) is 48.8 Å². The minimum atomic E-state index is -4.36. The van der Waals surface area contributed by atoms with E-state index in [1.807, 2.05) is 25.1 Å². The van der Waals surface area contributed by atoms with Gasteiger partial charge in [-0.15, -0.1) is 0 Å². The summed E-state index contributed by atoms with van der Waals surface area (Å²) in [4.78, 5) is 26.9. The number of carbonyl (C=O) groups is 1. The molecule has 0 aliphatic carbocycles. The van der Waals surface area contributed by atoms with Crippen molar-refractivity contribution in [3.63, 3.8) is 0 Å². The molecular weight excluding hydrogens is 457 g/mol. The number of nitrogens with zero attached hydrogens (tertiary/aromatic N) is 4. The lowest BCUT2D eigenvalue weighted by Gasteiger charge is -2.32. The molecule has 184 valence electrons. The highest BCUT2D eigenvalue weighted by atomic mass is 19.4. The predicted octanol–water partition coefficient (Wildman–Crippen LogP) is 4.97. The molecule has 0 unspecified atom stereocenters. The van der Waals surface area contributed by atoms with Crippen LogP contribution in [0.4, 0.5) is 19.1 Å². The molecule has 0 N–H and O–H groups in total. The summed E-state index contributed by atoms with van der Waals surface area (Å²) < 4.78 is 44.1. The smallest absolute Gasteiger partial charge is 0.416 e. The van der Waals surface area contributed by atoms with Crippen molar-refractivity contribution in [3.8, 4) is 5.75 Å². The van der Waals surface area contributed by atoms with E-state index < -0.39 is 11.7 Å². The van der Waals surface area contributed by atoms with Gasteiger partial charge in [-0.1, -0.05) is 18.2 Å². The van der Waals surface area contributed by atoms with Crippen molar-refractivity contribution < 1.29 is 22.7 Å². The van der Waals surface area contributed by atoms with Gasteiger partial charge in [-0.25, -0.2) is 9.97 Å². The number of rotatable bonds is 7. The van der Waals surface area contributed by atoms with E-state index in [0.29, 0.717) is 56.3 Å². The fourth-order valence-electron chi connectivity index (χ4n) is 4.20. The second-order valence-corrected chi connectivity index (χ2v) is 8.78. The van der Waals surface area contributed by atoms with Crippen molar-refractivity contribution in [3.05, 3.63) is 76.9 Å². The average Bonchev–Trinajstić information content (AvgIpc) is 2.82. The quantitative estimate of drug-likeness (QED) is 0.472. The van der Waals surface area contributed by atoms with Crippen molar-refractivity contribution in [1.29, 1.82) is 0 Å². The number of ether oxygens (including phenoxy) is 1. The molecule has 9 heteroatoms. The summed E-state index contributed by atoms with van der Waals surface area (Å²) in [5.74, 6) is 1.81. The first-order chi connectivity index (χ1) is 16.7. The van der Waals surface area contributed by atoms with Gasteiger partial charge in [-0.05, 0) is 54.8 Å². The monoisotopic (exact) mass is 484 g/mol. The summed E-state index contributed by atoms with van der Waals surface area (Å²) in [6, 6.07) is 10.7. The third kappa shape index (κ3) is 6.35. The fourth-order valence-corrected chi connectivity index (χ4v) is 4.20. The highest BCUT2D eigenvalue weighted by Crippen LogP contribution is 2.31. The molecule has 6 nitrogen and oxygen atoms in total. The van der Waals surface area contributed by atoms with Gasteiger partial charge in [0, 0.05) is 38.8 Å². The minimum Gasteiger partial charge on any atom is -0.490 e. The minimum absolute atomic E-state index is 0.0871. The normalized spacial score (nSPS) is 14.7. The zero-order chi connectivity index (χ0) is 25.0. The zero-order valence-corrected chi connectivity index (χ0v) is 19.7. The number of hydrogen-bond acceptors (Lipinski definition) is 6. The molecule has 2 heterocycles. The SMILES string of the molecule is CC(=O)Cc1cccc(Cc2ncnc(N3CCC(Oc4ccc(C(F)(F)F)cc4)CC3)n2)c1C. The summed E-state index contributed by atoms with van der Waals surface area (Å²) in [6.45, 7) is 4.93. The van der Waals surface area contributed by atoms with Crippen LogP contribution in [-0.2, 0) is 23.8 Å². The molecule has 0 atom stereocenters. The molecule has 0 amide bonds. The summed E-state index contributed by atoms with van der Waals surface area (Å²) >= 11 is 0. The number of piperidine rings is 1. The molecule has 2 aromatic carbocycles. The number of ketones is 1. The maximum absolute atomic E-state index is 12.7. The Balaban J connectivity index is 1.36. The van der Waals surface area contributed by atoms with Crippen LogP contribution in [0.1, 0.15) is 47.8 Å². The molecule has 3 aromatic rings. The van der Waals surface area contributed by atoms with Crippen LogP contribution >= 0.6 is 0 Å². The van der Waals surface area contributed by atoms with Gasteiger partial charge in [0.05, 0.1) is 5.56 Å². The van der Waals surface area contributed by atoms with Crippen LogP contribution in [-0.4, -0.2) is 39.9 Å². The van der Waals surface area contributed by atoms with Gasteiger partial charge < -0.3 is 9.64 Å². The van der Waals surface area contributed by atoms with Gasteiger partial charge in [0.2, 0.25) is 5.95 Å². The van der Waals surface area contributed by atoms with E-state index in [4.69, 9.17) is 4.74 Å². The molecule has 1 aliphatic heterocycles. The highest BCUT2D eigenvalue weighted by molar-refractivity contribution is 5.78. The van der Waals surface area contributed by atoms with E-state index in [-0.39, 0.29) is 11.9 Å². The lowest BCUT2D eigenvalue weighted by Crippen LogP contribution is -2.39. The Morgan fingerprint density at radius 2 is 1.74 bits per heavy atom. The number of benzene rings is 2. The topological polar surface area (TPSA) is 68.2 Å². The zero-order valence-electron chi connectivity index (χ0n) is 19.7. The Labute approximate surface area is 202 Å². The van der Waals surface area contributed by atoms with Crippen LogP contribution in [0.5, 0.6) is 5.75 Å². The maximum Gasteiger partial charge on any atom is 0.416 e. The van der Waals surface area contributed by atoms with Gasteiger partial charge in [0.1, 0.15) is 29.8 Å². The molecule has 4 rings (SSSR count). The Morgan fingerprint density at radius 3 is 2.40 bits per heavy atom. The molecule has 1 aromatic heterocycles. The van der Waals surface area contributed by atoms with E-state index >= 15 is 0 Å². The van der Waals surface area contributed by atoms with E-state index in [1.165, 1.54) is 18.5 Å². The van der Waals surface area contributed by atoms with E-state index in [2.05, 4.69) is 19.9 Å². The highest BCUT2D eigenvalue weighted by Gasteiger charge is 2.30. The molecular formula is C26H27F3N4O2. The standard InChI is InChI=1S/C26H27F3N4O2/c1-17(34)14-19-4-3-5-20(18(19)2)15-24-30-16-31-25(32-24)33-12-10-23(11-13-33)35-22-8-6-21(7-9-22)26(27,28)29/h3-9,16,23H,10-15H2,1-2H3. The van der Waals surface area contributed by atoms with E-state index in [1.54, 1.807) is 6.92 Å². The van der Waals surface area contributed by atoms with Gasteiger partial charge in [-0.3, -0.25) is 4.79 Å². The Morgan fingerprint density at radius 1 is 1.06 bits per heavy atom. The number of alkyl halides is 3. The maximum atomic E-state index is 12.7. The molecule has 0 saturated carbocycles. The summed E-state index contributed by atoms with van der Waals surface area (Å²) in [5.41, 5.74) is 2.47. The third-order valence-corrected chi connectivity index (χ3v) is 6.16. The Bertz CT molecular complexity index is 1170. The first-order valence-electron chi connectivity index (χ1n) is 11.5. The largest absolute Gasteiger partial charge is 0.490 e. The van der Waals surface area contributed by atoms with Crippen molar-refractivity contribution in [2.75, 3.05) is 18.0 Å². The second-order valence-electron chi connectivity index (χ2n) is 8.78.